The predicted octanol–water partition coefficient (Wildman–Crippen LogP) is 3.72. The van der Waals surface area contributed by atoms with Gasteiger partial charge in [-0.05, 0) is 43.2 Å². The van der Waals surface area contributed by atoms with Crippen LogP contribution in [0.5, 0.6) is 0 Å². The summed E-state index contributed by atoms with van der Waals surface area (Å²) < 4.78 is 15.0. The van der Waals surface area contributed by atoms with Gasteiger partial charge in [0.25, 0.3) is 0 Å². The Labute approximate surface area is 178 Å². The zero-order valence-corrected chi connectivity index (χ0v) is 17.1. The molecule has 2 aromatic carbocycles. The topological polar surface area (TPSA) is 70.2 Å². The first kappa shape index (κ1) is 20.1. The second-order valence-corrected chi connectivity index (χ2v) is 8.49. The van der Waals surface area contributed by atoms with Crippen LogP contribution >= 0.6 is 23.2 Å². The van der Waals surface area contributed by atoms with Gasteiger partial charge in [-0.25, -0.2) is 4.39 Å². The molecule has 0 aliphatic carbocycles. The highest BCUT2D eigenvalue weighted by molar-refractivity contribution is 6.31. The summed E-state index contributed by atoms with van der Waals surface area (Å²) >= 11 is 12.0. The van der Waals surface area contributed by atoms with Gasteiger partial charge in [0.1, 0.15) is 11.4 Å². The van der Waals surface area contributed by atoms with E-state index < -0.39 is 23.2 Å². The van der Waals surface area contributed by atoms with Gasteiger partial charge < -0.3 is 10.6 Å². The number of amides is 2. The van der Waals surface area contributed by atoms with Crippen LogP contribution in [-0.2, 0) is 9.59 Å². The second kappa shape index (κ2) is 7.59. The van der Waals surface area contributed by atoms with E-state index in [0.29, 0.717) is 23.7 Å². The molecule has 0 radical (unpaired) electrons. The summed E-state index contributed by atoms with van der Waals surface area (Å²) in [6.45, 7) is 2.20. The van der Waals surface area contributed by atoms with Crippen molar-refractivity contribution in [3.05, 3.63) is 63.9 Å². The summed E-state index contributed by atoms with van der Waals surface area (Å²) in [6, 6.07) is 11.2. The van der Waals surface area contributed by atoms with Crippen molar-refractivity contribution >= 4 is 40.7 Å². The third-order valence-corrected chi connectivity index (χ3v) is 6.35. The van der Waals surface area contributed by atoms with Crippen LogP contribution in [0.15, 0.2) is 42.5 Å². The summed E-state index contributed by atoms with van der Waals surface area (Å²) in [7, 11) is 0. The molecule has 0 bridgehead atoms. The molecule has 5 nitrogen and oxygen atoms in total. The average molecular weight is 436 g/mol. The fourth-order valence-electron chi connectivity index (χ4n) is 4.51. The van der Waals surface area contributed by atoms with Gasteiger partial charge >= 0.3 is 0 Å². The van der Waals surface area contributed by atoms with Gasteiger partial charge in [0.15, 0.2) is 0 Å². The molecule has 0 unspecified atom stereocenters. The first-order valence-electron chi connectivity index (χ1n) is 9.37. The molecule has 152 valence electrons. The summed E-state index contributed by atoms with van der Waals surface area (Å²) in [4.78, 5) is 26.1. The van der Waals surface area contributed by atoms with E-state index in [1.807, 2.05) is 0 Å². The molecule has 2 aromatic rings. The second-order valence-electron chi connectivity index (χ2n) is 7.64. The summed E-state index contributed by atoms with van der Waals surface area (Å²) in [5, 5.41) is 9.44. The molecule has 2 aliphatic rings. The third kappa shape index (κ3) is 3.50. The fourth-order valence-corrected chi connectivity index (χ4v) is 4.88. The minimum Gasteiger partial charge on any atom is -0.356 e. The van der Waals surface area contributed by atoms with E-state index in [1.165, 1.54) is 6.07 Å². The Morgan fingerprint density at radius 1 is 1.24 bits per heavy atom. The molecule has 2 heterocycles. The highest BCUT2D eigenvalue weighted by Gasteiger charge is 2.59. The van der Waals surface area contributed by atoms with Crippen molar-refractivity contribution in [1.29, 1.82) is 0 Å². The number of carbonyl (C=O) groups excluding carboxylic acids is 2. The Morgan fingerprint density at radius 2 is 2.00 bits per heavy atom. The monoisotopic (exact) mass is 435 g/mol. The van der Waals surface area contributed by atoms with E-state index in [9.17, 15) is 14.0 Å². The molecule has 2 fully saturated rings. The third-order valence-electron chi connectivity index (χ3n) is 5.83. The Hall–Kier alpha value is -2.15. The van der Waals surface area contributed by atoms with Crippen molar-refractivity contribution in [2.24, 2.45) is 5.92 Å². The molecule has 0 spiro atoms. The highest BCUT2D eigenvalue weighted by atomic mass is 35.5. The van der Waals surface area contributed by atoms with Crippen LogP contribution in [0.3, 0.4) is 0 Å². The Bertz CT molecular complexity index is 986. The van der Waals surface area contributed by atoms with E-state index in [-0.39, 0.29) is 28.4 Å². The lowest BCUT2D eigenvalue weighted by atomic mass is 9.73. The number of hydrogen-bond acceptors (Lipinski definition) is 3. The molecule has 29 heavy (non-hydrogen) atoms. The van der Waals surface area contributed by atoms with Gasteiger partial charge in [-0.1, -0.05) is 41.4 Å². The van der Waals surface area contributed by atoms with Gasteiger partial charge in [0, 0.05) is 29.2 Å². The van der Waals surface area contributed by atoms with Crippen LogP contribution in [0.4, 0.5) is 10.1 Å². The summed E-state index contributed by atoms with van der Waals surface area (Å²) in [5.74, 6) is -2.50. The maximum atomic E-state index is 15.0. The number of nitrogens with one attached hydrogen (secondary N) is 3. The van der Waals surface area contributed by atoms with Crippen LogP contribution < -0.4 is 16.0 Å². The molecule has 0 aromatic heterocycles. The van der Waals surface area contributed by atoms with Gasteiger partial charge in [-0.15, -0.1) is 0 Å². The van der Waals surface area contributed by atoms with Crippen molar-refractivity contribution < 1.29 is 14.0 Å². The molecule has 2 aliphatic heterocycles. The van der Waals surface area contributed by atoms with Crippen LogP contribution in [-0.4, -0.2) is 29.9 Å². The first-order chi connectivity index (χ1) is 13.8. The minimum absolute atomic E-state index is 0.0419. The number of piperidine rings is 1. The number of benzene rings is 2. The first-order valence-corrected chi connectivity index (χ1v) is 10.1. The van der Waals surface area contributed by atoms with Crippen molar-refractivity contribution in [2.75, 3.05) is 11.9 Å². The van der Waals surface area contributed by atoms with Crippen molar-refractivity contribution in [2.45, 2.75) is 30.8 Å². The Morgan fingerprint density at radius 3 is 2.76 bits per heavy atom. The maximum Gasteiger partial charge on any atom is 0.245 e. The number of fused-ring (bicyclic) bond motifs is 1. The van der Waals surface area contributed by atoms with E-state index >= 15 is 0 Å². The molecule has 0 saturated carbocycles. The maximum absolute atomic E-state index is 15.0. The number of halogens is 3. The van der Waals surface area contributed by atoms with Crippen LogP contribution in [0.1, 0.15) is 24.8 Å². The number of rotatable bonds is 3. The molecule has 4 rings (SSSR count). The summed E-state index contributed by atoms with van der Waals surface area (Å²) in [6.07, 6.45) is 0.648. The van der Waals surface area contributed by atoms with Gasteiger partial charge in [-0.2, -0.15) is 0 Å². The van der Waals surface area contributed by atoms with Crippen LogP contribution in [0.25, 0.3) is 0 Å². The van der Waals surface area contributed by atoms with Gasteiger partial charge in [0.2, 0.25) is 11.8 Å². The normalized spacial score (nSPS) is 28.6. The van der Waals surface area contributed by atoms with E-state index in [4.69, 9.17) is 23.2 Å². The molecule has 2 saturated heterocycles. The minimum atomic E-state index is -1.23. The standard InChI is InChI=1S/C21H20Cl2FN3O2/c1-21(20(29)26-12-5-2-4-11(22)10-12)17(13-6-3-7-14(23)18(13)24)16-15(27-21)8-9-25-19(16)28/h2-7,10,15-17,27H,8-9H2,1H3,(H,25,28)(H,26,29)/t15-,16+,17-,21+/m0/s1. The zero-order valence-electron chi connectivity index (χ0n) is 15.6. The van der Waals surface area contributed by atoms with Crippen LogP contribution in [0.2, 0.25) is 10.0 Å². The number of anilines is 1. The molecule has 2 amide bonds. The highest BCUT2D eigenvalue weighted by Crippen LogP contribution is 2.47. The number of hydrogen-bond donors (Lipinski definition) is 3. The van der Waals surface area contributed by atoms with Gasteiger partial charge in [-0.3, -0.25) is 14.9 Å². The smallest absolute Gasteiger partial charge is 0.245 e. The number of carbonyl (C=O) groups is 2. The predicted molar refractivity (Wildman–Crippen MR) is 111 cm³/mol. The van der Waals surface area contributed by atoms with Crippen molar-refractivity contribution in [3.8, 4) is 0 Å². The van der Waals surface area contributed by atoms with Crippen LogP contribution in [0, 0.1) is 11.7 Å². The molecular weight excluding hydrogens is 416 g/mol. The molecule has 3 N–H and O–H groups in total. The van der Waals surface area contributed by atoms with E-state index in [1.54, 1.807) is 43.3 Å². The SMILES string of the molecule is C[C@@]1(C(=O)Nc2cccc(Cl)c2)N[C@H]2CCNC(=O)[C@H]2[C@@H]1c1cccc(Cl)c1F. The Balaban J connectivity index is 1.77. The fraction of sp³-hybridized carbons (Fsp3) is 0.333. The lowest BCUT2D eigenvalue weighted by molar-refractivity contribution is -0.127. The summed E-state index contributed by atoms with van der Waals surface area (Å²) in [5.41, 5.74) is -0.460. The van der Waals surface area contributed by atoms with E-state index in [2.05, 4.69) is 16.0 Å². The average Bonchev–Trinajstić information content (AvgIpc) is 2.99. The largest absolute Gasteiger partial charge is 0.356 e. The quantitative estimate of drug-likeness (QED) is 0.687. The van der Waals surface area contributed by atoms with Crippen molar-refractivity contribution in [1.82, 2.24) is 10.6 Å². The van der Waals surface area contributed by atoms with Gasteiger partial charge in [0.05, 0.1) is 10.9 Å². The lowest BCUT2D eigenvalue weighted by Crippen LogP contribution is -2.53. The molecule has 4 atom stereocenters. The Kier molecular flexibility index (Phi) is 5.27. The van der Waals surface area contributed by atoms with Crippen molar-refractivity contribution in [3.63, 3.8) is 0 Å². The zero-order chi connectivity index (χ0) is 20.8. The molecular formula is C21H20Cl2FN3O2. The van der Waals surface area contributed by atoms with E-state index in [0.717, 1.165) is 0 Å². The molecule has 8 heteroatoms. The lowest BCUT2D eigenvalue weighted by Gasteiger charge is -2.33.